The van der Waals surface area contributed by atoms with Crippen molar-refractivity contribution in [3.05, 3.63) is 48.3 Å². The molecule has 5 rings (SSSR count). The number of hydrogen-bond donors (Lipinski definition) is 1. The Morgan fingerprint density at radius 1 is 1.12 bits per heavy atom. The van der Waals surface area contributed by atoms with Crippen molar-refractivity contribution in [2.75, 3.05) is 5.32 Å². The molecule has 1 aliphatic carbocycles. The zero-order valence-corrected chi connectivity index (χ0v) is 14.9. The fourth-order valence-electron chi connectivity index (χ4n) is 3.81. The molecule has 1 fully saturated rings. The van der Waals surface area contributed by atoms with Gasteiger partial charge in [-0.3, -0.25) is 0 Å². The maximum atomic E-state index is 4.51. The Labute approximate surface area is 153 Å². The second kappa shape index (κ2) is 6.59. The third-order valence-corrected chi connectivity index (χ3v) is 5.37. The quantitative estimate of drug-likeness (QED) is 0.761. The fraction of sp³-hybridized carbons (Fsp3) is 0.450. The van der Waals surface area contributed by atoms with Gasteiger partial charge in [-0.1, -0.05) is 18.6 Å². The topological polar surface area (TPSA) is 60.6 Å². The first-order valence-corrected chi connectivity index (χ1v) is 9.66. The van der Waals surface area contributed by atoms with Crippen LogP contribution in [0.1, 0.15) is 49.8 Å². The molecule has 1 saturated carbocycles. The van der Waals surface area contributed by atoms with Crippen molar-refractivity contribution >= 4 is 5.69 Å². The van der Waals surface area contributed by atoms with Crippen LogP contribution in [-0.4, -0.2) is 24.3 Å². The summed E-state index contributed by atoms with van der Waals surface area (Å²) in [6.07, 6.45) is 11.3. The summed E-state index contributed by atoms with van der Waals surface area (Å²) in [5.41, 5.74) is 2.22. The summed E-state index contributed by atoms with van der Waals surface area (Å²) in [5.74, 6) is 3.22. The molecule has 1 aromatic carbocycles. The lowest BCUT2D eigenvalue weighted by Crippen LogP contribution is -2.07. The van der Waals surface area contributed by atoms with Crippen LogP contribution in [0.3, 0.4) is 0 Å². The van der Waals surface area contributed by atoms with Gasteiger partial charge in [0.15, 0.2) is 5.82 Å². The van der Waals surface area contributed by atoms with Gasteiger partial charge < -0.3 is 14.5 Å². The largest absolute Gasteiger partial charge is 0.378 e. The average Bonchev–Trinajstić information content (AvgIpc) is 3.35. The molecule has 1 N–H and O–H groups in total. The summed E-state index contributed by atoms with van der Waals surface area (Å²) < 4.78 is 4.60. The van der Waals surface area contributed by atoms with Crippen LogP contribution >= 0.6 is 0 Å². The highest BCUT2D eigenvalue weighted by Crippen LogP contribution is 2.35. The molecule has 0 saturated heterocycles. The molecule has 2 aliphatic rings. The minimum atomic E-state index is 0.659. The van der Waals surface area contributed by atoms with E-state index in [1.165, 1.54) is 32.1 Å². The van der Waals surface area contributed by atoms with Crippen LogP contribution in [0.2, 0.25) is 0 Å². The zero-order valence-electron chi connectivity index (χ0n) is 14.9. The predicted octanol–water partition coefficient (Wildman–Crippen LogP) is 3.82. The number of rotatable bonds is 5. The molecule has 26 heavy (non-hydrogen) atoms. The number of anilines is 1. The Morgan fingerprint density at radius 2 is 2.08 bits per heavy atom. The Bertz CT molecular complexity index is 905. The monoisotopic (exact) mass is 348 g/mol. The molecular weight excluding hydrogens is 324 g/mol. The first-order chi connectivity index (χ1) is 12.9. The maximum absolute atomic E-state index is 4.51. The minimum Gasteiger partial charge on any atom is -0.378 e. The van der Waals surface area contributed by atoms with E-state index in [9.17, 15) is 0 Å². The summed E-state index contributed by atoms with van der Waals surface area (Å²) in [4.78, 5) is 4.51. The standard InChI is InChI=1S/C20H24N6/c1-2-7-18-23-24-20(26(18)11-3-1)15-5-4-6-16(13-15)22-14-19-21-10-12-25(19)17-8-9-17/h4-6,10,12-13,17,22H,1-3,7-9,11,14H2. The SMILES string of the molecule is c1cc(NCc2nccn2C2CC2)cc(-c2nnc3n2CCCCC3)c1. The van der Waals surface area contributed by atoms with Crippen molar-refractivity contribution in [2.24, 2.45) is 0 Å². The predicted molar refractivity (Wildman–Crippen MR) is 101 cm³/mol. The zero-order chi connectivity index (χ0) is 17.3. The van der Waals surface area contributed by atoms with Gasteiger partial charge in [0.2, 0.25) is 0 Å². The molecule has 134 valence electrons. The molecule has 0 atom stereocenters. The molecule has 0 spiro atoms. The van der Waals surface area contributed by atoms with Crippen LogP contribution in [0.25, 0.3) is 11.4 Å². The molecule has 6 nitrogen and oxygen atoms in total. The van der Waals surface area contributed by atoms with E-state index in [2.05, 4.69) is 60.1 Å². The average molecular weight is 348 g/mol. The molecular formula is C20H24N6. The summed E-state index contributed by atoms with van der Waals surface area (Å²) >= 11 is 0. The van der Waals surface area contributed by atoms with E-state index in [4.69, 9.17) is 0 Å². The lowest BCUT2D eigenvalue weighted by atomic mass is 10.2. The minimum absolute atomic E-state index is 0.659. The van der Waals surface area contributed by atoms with E-state index in [0.717, 1.165) is 48.2 Å². The van der Waals surface area contributed by atoms with Crippen molar-refractivity contribution in [2.45, 2.75) is 57.7 Å². The normalized spacial score (nSPS) is 16.9. The molecule has 0 bridgehead atoms. The molecule has 2 aromatic heterocycles. The summed E-state index contributed by atoms with van der Waals surface area (Å²) in [7, 11) is 0. The van der Waals surface area contributed by atoms with Crippen molar-refractivity contribution in [3.8, 4) is 11.4 Å². The highest BCUT2D eigenvalue weighted by molar-refractivity contribution is 5.62. The van der Waals surface area contributed by atoms with Gasteiger partial charge >= 0.3 is 0 Å². The van der Waals surface area contributed by atoms with Crippen LogP contribution in [0, 0.1) is 0 Å². The van der Waals surface area contributed by atoms with E-state index >= 15 is 0 Å². The Kier molecular flexibility index (Phi) is 3.96. The number of imidazole rings is 1. The Hall–Kier alpha value is -2.63. The van der Waals surface area contributed by atoms with Gasteiger partial charge in [0.25, 0.3) is 0 Å². The van der Waals surface area contributed by atoms with Crippen LogP contribution in [0.4, 0.5) is 5.69 Å². The first kappa shape index (κ1) is 15.6. The van der Waals surface area contributed by atoms with Crippen molar-refractivity contribution in [3.63, 3.8) is 0 Å². The molecule has 0 amide bonds. The van der Waals surface area contributed by atoms with Gasteiger partial charge in [-0.25, -0.2) is 4.98 Å². The molecule has 3 aromatic rings. The first-order valence-electron chi connectivity index (χ1n) is 9.66. The van der Waals surface area contributed by atoms with E-state index in [0.29, 0.717) is 6.04 Å². The van der Waals surface area contributed by atoms with E-state index in [1.54, 1.807) is 0 Å². The van der Waals surface area contributed by atoms with Crippen molar-refractivity contribution in [1.29, 1.82) is 0 Å². The maximum Gasteiger partial charge on any atom is 0.164 e. The van der Waals surface area contributed by atoms with Gasteiger partial charge in [-0.2, -0.15) is 0 Å². The number of nitrogens with zero attached hydrogens (tertiary/aromatic N) is 5. The highest BCUT2D eigenvalue weighted by Gasteiger charge is 2.25. The van der Waals surface area contributed by atoms with Crippen molar-refractivity contribution < 1.29 is 0 Å². The molecule has 0 unspecified atom stereocenters. The van der Waals surface area contributed by atoms with Crippen LogP contribution in [-0.2, 0) is 19.5 Å². The summed E-state index contributed by atoms with van der Waals surface area (Å²) in [6.45, 7) is 1.76. The lowest BCUT2D eigenvalue weighted by Gasteiger charge is -2.11. The van der Waals surface area contributed by atoms with Crippen LogP contribution in [0.5, 0.6) is 0 Å². The third kappa shape index (κ3) is 3.00. The number of aryl methyl sites for hydroxylation is 1. The summed E-state index contributed by atoms with van der Waals surface area (Å²) in [5, 5.41) is 12.4. The van der Waals surface area contributed by atoms with Gasteiger partial charge in [0.1, 0.15) is 11.6 Å². The Morgan fingerprint density at radius 3 is 3.00 bits per heavy atom. The number of aromatic nitrogens is 5. The van der Waals surface area contributed by atoms with E-state index in [-0.39, 0.29) is 0 Å². The number of fused-ring (bicyclic) bond motifs is 1. The fourth-order valence-corrected chi connectivity index (χ4v) is 3.81. The van der Waals surface area contributed by atoms with Gasteiger partial charge in [-0.15, -0.1) is 10.2 Å². The smallest absolute Gasteiger partial charge is 0.164 e. The second-order valence-corrected chi connectivity index (χ2v) is 7.32. The van der Waals surface area contributed by atoms with Crippen LogP contribution in [0.15, 0.2) is 36.7 Å². The molecule has 6 heteroatoms. The van der Waals surface area contributed by atoms with Crippen LogP contribution < -0.4 is 5.32 Å². The van der Waals surface area contributed by atoms with E-state index < -0.39 is 0 Å². The van der Waals surface area contributed by atoms with E-state index in [1.807, 2.05) is 6.20 Å². The Balaban J connectivity index is 1.36. The van der Waals surface area contributed by atoms with Gasteiger partial charge in [0.05, 0.1) is 6.54 Å². The summed E-state index contributed by atoms with van der Waals surface area (Å²) in [6, 6.07) is 9.15. The van der Waals surface area contributed by atoms with Gasteiger partial charge in [0, 0.05) is 42.7 Å². The number of benzene rings is 1. The molecule has 0 radical (unpaired) electrons. The molecule has 3 heterocycles. The highest BCUT2D eigenvalue weighted by atomic mass is 15.3. The third-order valence-electron chi connectivity index (χ3n) is 5.37. The number of hydrogen-bond acceptors (Lipinski definition) is 4. The van der Waals surface area contributed by atoms with Gasteiger partial charge in [-0.05, 0) is 37.8 Å². The number of nitrogens with one attached hydrogen (secondary N) is 1. The molecule has 1 aliphatic heterocycles. The van der Waals surface area contributed by atoms with Crippen molar-refractivity contribution in [1.82, 2.24) is 24.3 Å². The second-order valence-electron chi connectivity index (χ2n) is 7.32. The lowest BCUT2D eigenvalue weighted by molar-refractivity contribution is 0.636.